The van der Waals surface area contributed by atoms with E-state index in [0.717, 1.165) is 6.07 Å². The molecule has 35 heavy (non-hydrogen) atoms. The molecule has 0 aromatic carbocycles. The third-order valence-electron chi connectivity index (χ3n) is 6.37. The Kier molecular flexibility index (Phi) is 6.03. The Morgan fingerprint density at radius 1 is 1.17 bits per heavy atom. The van der Waals surface area contributed by atoms with E-state index >= 15 is 0 Å². The molecule has 5 rings (SSSR count). The van der Waals surface area contributed by atoms with E-state index in [9.17, 15) is 27.2 Å². The van der Waals surface area contributed by atoms with Crippen molar-refractivity contribution in [3.8, 4) is 0 Å². The van der Waals surface area contributed by atoms with Gasteiger partial charge in [0.1, 0.15) is 5.56 Å². The van der Waals surface area contributed by atoms with Gasteiger partial charge >= 0.3 is 151 Å². The number of carbonyl (C=O) groups is 1. The molecule has 1 amide bonds. The first-order chi connectivity index (χ1) is 16.7. The van der Waals surface area contributed by atoms with Gasteiger partial charge in [-0.3, -0.25) is 4.79 Å². The van der Waals surface area contributed by atoms with Crippen LogP contribution in [-0.2, 0) is 11.0 Å². The average Bonchev–Trinajstić information content (AvgIpc) is 3.45. The van der Waals surface area contributed by atoms with E-state index in [1.165, 1.54) is 23.6 Å². The van der Waals surface area contributed by atoms with Gasteiger partial charge in [-0.05, 0) is 6.07 Å². The normalized spacial score (nSPS) is 19.5. The molecule has 1 unspecified atom stereocenters. The summed E-state index contributed by atoms with van der Waals surface area (Å²) in [4.78, 5) is 34.3. The molecule has 0 aliphatic carbocycles. The summed E-state index contributed by atoms with van der Waals surface area (Å²) in [7, 11) is 1.24. The molecule has 3 aromatic rings. The number of aromatic nitrogens is 5. The number of carbonyl (C=O) groups excluding carboxylic acids is 1. The minimum atomic E-state index is -4.78. The SMILES string of the molecule is O=C(CN1CCCC1c1cc(C(F)(F)F)c(=O)[nH]n1)N1CCN(c2nc3ccc(F)bn3n2)CC1. The van der Waals surface area contributed by atoms with Gasteiger partial charge in [-0.15, -0.1) is 0 Å². The van der Waals surface area contributed by atoms with Crippen molar-refractivity contribution in [2.75, 3.05) is 44.2 Å². The van der Waals surface area contributed by atoms with E-state index in [1.807, 2.05) is 10.00 Å². The van der Waals surface area contributed by atoms with E-state index in [0.29, 0.717) is 57.2 Å². The molecule has 0 radical (unpaired) electrons. The zero-order valence-corrected chi connectivity index (χ0v) is 18.5. The van der Waals surface area contributed by atoms with Crippen molar-refractivity contribution >= 4 is 24.6 Å². The Morgan fingerprint density at radius 3 is 2.69 bits per heavy atom. The number of nitrogens with zero attached hydrogens (tertiary/aromatic N) is 7. The second-order valence-electron chi connectivity index (χ2n) is 8.59. The van der Waals surface area contributed by atoms with E-state index in [2.05, 4.69) is 15.2 Å². The van der Waals surface area contributed by atoms with E-state index < -0.39 is 29.1 Å². The molecule has 2 fully saturated rings. The topological polar surface area (TPSA) is 103 Å². The molecule has 0 bridgehead atoms. The van der Waals surface area contributed by atoms with Gasteiger partial charge < -0.3 is 0 Å². The predicted molar refractivity (Wildman–Crippen MR) is 116 cm³/mol. The fourth-order valence-corrected chi connectivity index (χ4v) is 4.56. The molecule has 10 nitrogen and oxygen atoms in total. The standard InChI is InChI=1S/C20H21BF4N8O2/c22-15-3-4-16-26-19(29-33(16)21-15)31-8-6-30(7-9-31)17(34)11-32-5-1-2-14(32)13-10-12(20(23,24)25)18(35)28-27-13/h3-4,10,14H,1-2,5-9,11H2,(H,28,35). The van der Waals surface area contributed by atoms with Crippen molar-refractivity contribution in [1.82, 2.24) is 34.5 Å². The van der Waals surface area contributed by atoms with Gasteiger partial charge in [-0.1, -0.05) is 0 Å². The summed E-state index contributed by atoms with van der Waals surface area (Å²) in [6, 6.07) is 3.13. The van der Waals surface area contributed by atoms with Gasteiger partial charge in [-0.25, -0.2) is 5.10 Å². The first kappa shape index (κ1) is 23.4. The van der Waals surface area contributed by atoms with Crippen molar-refractivity contribution in [2.45, 2.75) is 25.1 Å². The molecule has 15 heteroatoms. The molecular weight excluding hydrogens is 471 g/mol. The van der Waals surface area contributed by atoms with Gasteiger partial charge in [0.15, 0.2) is 0 Å². The Labute approximate surface area is 196 Å². The number of hydrogen-bond acceptors (Lipinski definition) is 7. The predicted octanol–water partition coefficient (Wildman–Crippen LogP) is 0.794. The fraction of sp³-hybridized carbons (Fsp3) is 0.500. The van der Waals surface area contributed by atoms with Crippen molar-refractivity contribution in [3.63, 3.8) is 0 Å². The second kappa shape index (κ2) is 9.02. The van der Waals surface area contributed by atoms with E-state index in [4.69, 9.17) is 0 Å². The summed E-state index contributed by atoms with van der Waals surface area (Å²) >= 11 is 0. The zero-order valence-electron chi connectivity index (χ0n) is 18.5. The minimum absolute atomic E-state index is 0.0404. The van der Waals surface area contributed by atoms with Crippen molar-refractivity contribution in [2.24, 2.45) is 0 Å². The number of alkyl halides is 3. The summed E-state index contributed by atoms with van der Waals surface area (Å²) < 4.78 is 54.2. The van der Waals surface area contributed by atoms with E-state index in [1.54, 1.807) is 9.80 Å². The number of halogens is 4. The van der Waals surface area contributed by atoms with Gasteiger partial charge in [0.25, 0.3) is 5.56 Å². The van der Waals surface area contributed by atoms with Gasteiger partial charge in [0, 0.05) is 0 Å². The zero-order chi connectivity index (χ0) is 24.7. The molecule has 5 heterocycles. The van der Waals surface area contributed by atoms with Crippen LogP contribution in [0.15, 0.2) is 23.0 Å². The molecule has 0 saturated carbocycles. The summed E-state index contributed by atoms with van der Waals surface area (Å²) in [5.41, 5.74) is -2.38. The van der Waals surface area contributed by atoms with Gasteiger partial charge in [0.05, 0.1) is 0 Å². The van der Waals surface area contributed by atoms with Gasteiger partial charge in [0.2, 0.25) is 0 Å². The van der Waals surface area contributed by atoms with Crippen LogP contribution in [0.25, 0.3) is 5.65 Å². The number of piperazine rings is 1. The number of aromatic amines is 1. The Bertz CT molecular complexity index is 1300. The number of H-pyrrole nitrogens is 1. The van der Waals surface area contributed by atoms with Crippen molar-refractivity contribution in [3.05, 3.63) is 45.5 Å². The maximum atomic E-state index is 13.4. The van der Waals surface area contributed by atoms with Crippen molar-refractivity contribution in [1.29, 1.82) is 0 Å². The summed E-state index contributed by atoms with van der Waals surface area (Å²) in [5, 5.41) is 10.0. The number of fused-ring (bicyclic) bond motifs is 1. The monoisotopic (exact) mass is 492 g/mol. The number of amides is 1. The van der Waals surface area contributed by atoms with Crippen LogP contribution >= 0.6 is 0 Å². The first-order valence-corrected chi connectivity index (χ1v) is 11.1. The molecule has 2 saturated heterocycles. The summed E-state index contributed by atoms with van der Waals surface area (Å²) in [6.45, 7) is 2.42. The number of likely N-dealkylation sites (tertiary alicyclic amines) is 1. The van der Waals surface area contributed by atoms with Crippen LogP contribution in [0.1, 0.15) is 30.1 Å². The summed E-state index contributed by atoms with van der Waals surface area (Å²) in [5.74, 6) is 0.314. The van der Waals surface area contributed by atoms with Crippen LogP contribution in [0.3, 0.4) is 0 Å². The first-order valence-electron chi connectivity index (χ1n) is 11.1. The van der Waals surface area contributed by atoms with E-state index in [-0.39, 0.29) is 18.1 Å². The van der Waals surface area contributed by atoms with Crippen LogP contribution < -0.4 is 10.5 Å². The Hall–Kier alpha value is -3.36. The number of nitrogens with one attached hydrogen (secondary N) is 1. The molecule has 2 aliphatic rings. The Morgan fingerprint density at radius 2 is 1.94 bits per heavy atom. The third-order valence-corrected chi connectivity index (χ3v) is 6.37. The van der Waals surface area contributed by atoms with Crippen LogP contribution in [0, 0.1) is 5.71 Å². The molecule has 184 valence electrons. The number of anilines is 1. The van der Waals surface area contributed by atoms with Crippen LogP contribution in [0.5, 0.6) is 0 Å². The summed E-state index contributed by atoms with van der Waals surface area (Å²) in [6.07, 6.45) is -3.54. The molecule has 2 aliphatic heterocycles. The van der Waals surface area contributed by atoms with Crippen molar-refractivity contribution < 1.29 is 22.4 Å². The van der Waals surface area contributed by atoms with Gasteiger partial charge in [-0.2, -0.15) is 18.3 Å². The third kappa shape index (κ3) is 4.76. The Balaban J connectivity index is 1.22. The van der Waals surface area contributed by atoms with Crippen LogP contribution in [0.4, 0.5) is 23.5 Å². The molecule has 0 spiro atoms. The molecule has 1 atom stereocenters. The van der Waals surface area contributed by atoms with Crippen LogP contribution in [-0.4, -0.2) is 86.7 Å². The average molecular weight is 492 g/mol. The maximum absolute atomic E-state index is 13.4. The molecule has 1 N–H and O–H groups in total. The molecular formula is C20H21BF4N8O2. The second-order valence-corrected chi connectivity index (χ2v) is 8.59. The molecule has 3 aromatic heterocycles. The quantitative estimate of drug-likeness (QED) is 0.538. The number of rotatable bonds is 4. The van der Waals surface area contributed by atoms with Crippen LogP contribution in [0.2, 0.25) is 0 Å². The fourth-order valence-electron chi connectivity index (χ4n) is 4.56. The number of hydrogen-bond donors (Lipinski definition) is 1.